The molecule has 1 fully saturated rings. The first kappa shape index (κ1) is 21.0. The molecule has 2 amide bonds. The Morgan fingerprint density at radius 3 is 2.87 bits per heavy atom. The normalized spacial score (nSPS) is 18.5. The number of fused-ring (bicyclic) bond motifs is 1. The summed E-state index contributed by atoms with van der Waals surface area (Å²) in [6.07, 6.45) is 8.91. The molecule has 2 N–H and O–H groups in total. The summed E-state index contributed by atoms with van der Waals surface area (Å²) in [5, 5.41) is 12.3. The number of esters is 1. The molecule has 9 heteroatoms. The molecule has 3 heterocycles. The minimum Gasteiger partial charge on any atom is -0.466 e. The molecule has 9 nitrogen and oxygen atoms in total. The van der Waals surface area contributed by atoms with E-state index in [1.165, 1.54) is 19.8 Å². The summed E-state index contributed by atoms with van der Waals surface area (Å²) in [5.41, 5.74) is 2.54. The number of carbonyl (C=O) groups is 2. The molecule has 0 saturated heterocycles. The van der Waals surface area contributed by atoms with E-state index in [4.69, 9.17) is 4.74 Å². The number of pyridine rings is 2. The van der Waals surface area contributed by atoms with Crippen molar-refractivity contribution in [3.63, 3.8) is 0 Å². The molecule has 0 aromatic carbocycles. The van der Waals surface area contributed by atoms with E-state index in [-0.39, 0.29) is 24.0 Å². The maximum absolute atomic E-state index is 12.2. The van der Waals surface area contributed by atoms with Gasteiger partial charge in [0.15, 0.2) is 0 Å². The van der Waals surface area contributed by atoms with Gasteiger partial charge in [0.1, 0.15) is 5.82 Å². The average Bonchev–Trinajstić information content (AvgIpc) is 3.42. The maximum Gasteiger partial charge on any atom is 0.320 e. The Kier molecular flexibility index (Phi) is 6.59. The Balaban J connectivity index is 1.35. The standard InChI is InChI=1S/C22H28N6O3/c1-15(29)31-10-4-9-28-14-17(13-24-28)16-11-20-19(23-12-16)7-8-21(26-20)27-22(30)25-18-5-2-3-6-18/h7-8,11-13,17-18H,2-6,9-10,14H2,1H3,(H2,25,26,27,30). The van der Waals surface area contributed by atoms with Gasteiger partial charge in [0.2, 0.25) is 0 Å². The number of hydrazone groups is 1. The number of aromatic nitrogens is 2. The summed E-state index contributed by atoms with van der Waals surface area (Å²) in [6.45, 7) is 3.28. The second-order valence-electron chi connectivity index (χ2n) is 8.06. The molecule has 0 bridgehead atoms. The zero-order chi connectivity index (χ0) is 21.6. The molecular weight excluding hydrogens is 396 g/mol. The van der Waals surface area contributed by atoms with E-state index >= 15 is 0 Å². The summed E-state index contributed by atoms with van der Waals surface area (Å²) < 4.78 is 4.97. The summed E-state index contributed by atoms with van der Waals surface area (Å²) in [7, 11) is 0. The van der Waals surface area contributed by atoms with E-state index in [1.807, 2.05) is 29.6 Å². The summed E-state index contributed by atoms with van der Waals surface area (Å²) in [5.74, 6) is 0.367. The quantitative estimate of drug-likeness (QED) is 0.522. The number of amides is 2. The predicted molar refractivity (Wildman–Crippen MR) is 118 cm³/mol. The maximum atomic E-state index is 12.2. The van der Waals surface area contributed by atoms with Crippen LogP contribution in [0.2, 0.25) is 0 Å². The van der Waals surface area contributed by atoms with E-state index in [0.29, 0.717) is 12.4 Å². The largest absolute Gasteiger partial charge is 0.466 e. The van der Waals surface area contributed by atoms with Crippen LogP contribution in [0.15, 0.2) is 29.5 Å². The van der Waals surface area contributed by atoms with Crippen molar-refractivity contribution < 1.29 is 14.3 Å². The van der Waals surface area contributed by atoms with Gasteiger partial charge in [-0.05, 0) is 36.6 Å². The van der Waals surface area contributed by atoms with Gasteiger partial charge in [0.05, 0.1) is 17.6 Å². The number of carbonyl (C=O) groups excluding carboxylic acids is 2. The lowest BCUT2D eigenvalue weighted by Gasteiger charge is -2.16. The zero-order valence-electron chi connectivity index (χ0n) is 17.7. The highest BCUT2D eigenvalue weighted by atomic mass is 16.5. The second kappa shape index (κ2) is 9.72. The molecule has 4 rings (SSSR count). The topological polar surface area (TPSA) is 109 Å². The first-order valence-electron chi connectivity index (χ1n) is 10.8. The molecule has 31 heavy (non-hydrogen) atoms. The lowest BCUT2D eigenvalue weighted by molar-refractivity contribution is -0.141. The number of nitrogens with one attached hydrogen (secondary N) is 2. The molecule has 2 aromatic rings. The van der Waals surface area contributed by atoms with Gasteiger partial charge in [-0.2, -0.15) is 5.10 Å². The van der Waals surface area contributed by atoms with Gasteiger partial charge >= 0.3 is 12.0 Å². The number of urea groups is 1. The van der Waals surface area contributed by atoms with Crippen molar-refractivity contribution in [2.75, 3.05) is 25.0 Å². The minimum atomic E-state index is -0.262. The molecular formula is C22H28N6O3. The predicted octanol–water partition coefficient (Wildman–Crippen LogP) is 3.03. The Morgan fingerprint density at radius 2 is 2.06 bits per heavy atom. The Morgan fingerprint density at radius 1 is 1.23 bits per heavy atom. The van der Waals surface area contributed by atoms with Crippen molar-refractivity contribution in [1.82, 2.24) is 20.3 Å². The molecule has 164 valence electrons. The average molecular weight is 425 g/mol. The fraction of sp³-hybridized carbons (Fsp3) is 0.500. The number of nitrogens with zero attached hydrogens (tertiary/aromatic N) is 4. The molecule has 1 unspecified atom stereocenters. The second-order valence-corrected chi connectivity index (χ2v) is 8.06. The van der Waals surface area contributed by atoms with E-state index in [1.54, 1.807) is 6.07 Å². The number of rotatable bonds is 7. The molecule has 2 aliphatic rings. The minimum absolute atomic E-state index is 0.120. The number of ether oxygens (including phenoxy) is 1. The first-order chi connectivity index (χ1) is 15.1. The van der Waals surface area contributed by atoms with Gasteiger partial charge < -0.3 is 10.1 Å². The number of hydrogen-bond acceptors (Lipinski definition) is 7. The van der Waals surface area contributed by atoms with Crippen LogP contribution in [0.5, 0.6) is 0 Å². The fourth-order valence-corrected chi connectivity index (χ4v) is 4.00. The highest BCUT2D eigenvalue weighted by Crippen LogP contribution is 2.23. The van der Waals surface area contributed by atoms with Gasteiger partial charge in [0, 0.05) is 50.8 Å². The van der Waals surface area contributed by atoms with E-state index in [2.05, 4.69) is 25.7 Å². The summed E-state index contributed by atoms with van der Waals surface area (Å²) in [4.78, 5) is 32.2. The van der Waals surface area contributed by atoms with Crippen LogP contribution in [0, 0.1) is 0 Å². The number of anilines is 1. The monoisotopic (exact) mass is 424 g/mol. The van der Waals surface area contributed by atoms with Crippen molar-refractivity contribution in [2.45, 2.75) is 51.0 Å². The van der Waals surface area contributed by atoms with Gasteiger partial charge in [0.25, 0.3) is 0 Å². The van der Waals surface area contributed by atoms with E-state index < -0.39 is 0 Å². The molecule has 0 radical (unpaired) electrons. The van der Waals surface area contributed by atoms with E-state index in [9.17, 15) is 9.59 Å². The van der Waals surface area contributed by atoms with Gasteiger partial charge in [-0.25, -0.2) is 9.78 Å². The molecule has 1 saturated carbocycles. The Bertz CT molecular complexity index is 973. The van der Waals surface area contributed by atoms with Gasteiger partial charge in [-0.3, -0.25) is 20.1 Å². The van der Waals surface area contributed by atoms with Crippen LogP contribution in [0.3, 0.4) is 0 Å². The lowest BCUT2D eigenvalue weighted by atomic mass is 10.0. The third-order valence-corrected chi connectivity index (χ3v) is 5.60. The van der Waals surface area contributed by atoms with Crippen LogP contribution in [-0.4, -0.2) is 58.9 Å². The van der Waals surface area contributed by atoms with Crippen molar-refractivity contribution in [1.29, 1.82) is 0 Å². The molecule has 2 aromatic heterocycles. The van der Waals surface area contributed by atoms with Crippen LogP contribution in [0.4, 0.5) is 10.6 Å². The van der Waals surface area contributed by atoms with Crippen molar-refractivity contribution in [3.05, 3.63) is 30.0 Å². The van der Waals surface area contributed by atoms with Crippen LogP contribution in [-0.2, 0) is 9.53 Å². The molecule has 0 spiro atoms. The highest BCUT2D eigenvalue weighted by molar-refractivity contribution is 5.90. The van der Waals surface area contributed by atoms with E-state index in [0.717, 1.165) is 48.9 Å². The Hall–Kier alpha value is -3.23. The molecule has 1 aliphatic heterocycles. The van der Waals surface area contributed by atoms with Crippen LogP contribution in [0.1, 0.15) is 50.5 Å². The van der Waals surface area contributed by atoms with Gasteiger partial charge in [-0.15, -0.1) is 0 Å². The zero-order valence-corrected chi connectivity index (χ0v) is 17.7. The smallest absolute Gasteiger partial charge is 0.320 e. The van der Waals surface area contributed by atoms with Crippen molar-refractivity contribution in [2.24, 2.45) is 5.10 Å². The number of hydrogen-bond donors (Lipinski definition) is 2. The van der Waals surface area contributed by atoms with Crippen molar-refractivity contribution in [3.8, 4) is 0 Å². The van der Waals surface area contributed by atoms with Crippen LogP contribution < -0.4 is 10.6 Å². The summed E-state index contributed by atoms with van der Waals surface area (Å²) >= 11 is 0. The molecule has 1 atom stereocenters. The third-order valence-electron chi connectivity index (χ3n) is 5.60. The van der Waals surface area contributed by atoms with Crippen LogP contribution >= 0.6 is 0 Å². The summed E-state index contributed by atoms with van der Waals surface area (Å²) in [6, 6.07) is 5.68. The third kappa shape index (κ3) is 5.68. The molecule has 1 aliphatic carbocycles. The SMILES string of the molecule is CC(=O)OCCCN1CC(c2cnc3ccc(NC(=O)NC4CCCC4)nc3c2)C=N1. The van der Waals surface area contributed by atoms with Crippen LogP contribution in [0.25, 0.3) is 11.0 Å². The van der Waals surface area contributed by atoms with Crippen molar-refractivity contribution >= 4 is 35.1 Å². The van der Waals surface area contributed by atoms with Gasteiger partial charge in [-0.1, -0.05) is 12.8 Å². The Labute approximate surface area is 181 Å². The lowest BCUT2D eigenvalue weighted by Crippen LogP contribution is -2.36. The first-order valence-corrected chi connectivity index (χ1v) is 10.8. The highest BCUT2D eigenvalue weighted by Gasteiger charge is 2.20. The fourth-order valence-electron chi connectivity index (χ4n) is 4.00.